The molecule has 0 spiro atoms. The van der Waals surface area contributed by atoms with Crippen LogP contribution in [0.1, 0.15) is 18.1 Å². The highest BCUT2D eigenvalue weighted by molar-refractivity contribution is 7.99. The Hall–Kier alpha value is -1.71. The van der Waals surface area contributed by atoms with Gasteiger partial charge in [-0.15, -0.1) is 0 Å². The Labute approximate surface area is 156 Å². The summed E-state index contributed by atoms with van der Waals surface area (Å²) in [4.78, 5) is 12.9. The second kappa shape index (κ2) is 6.54. The van der Waals surface area contributed by atoms with Gasteiger partial charge in [0.05, 0.1) is 5.57 Å². The zero-order chi connectivity index (χ0) is 17.6. The minimum absolute atomic E-state index is 0.00334. The van der Waals surface area contributed by atoms with Gasteiger partial charge in [-0.05, 0) is 46.9 Å². The Kier molecular flexibility index (Phi) is 4.38. The monoisotopic (exact) mass is 370 g/mol. The normalized spacial score (nSPS) is 22.6. The van der Waals surface area contributed by atoms with E-state index in [1.807, 2.05) is 30.3 Å². The summed E-state index contributed by atoms with van der Waals surface area (Å²) < 4.78 is 0. The van der Waals surface area contributed by atoms with Gasteiger partial charge in [-0.2, -0.15) is 11.8 Å². The minimum atomic E-state index is -0.0519. The summed E-state index contributed by atoms with van der Waals surface area (Å²) in [7, 11) is 0. The van der Waals surface area contributed by atoms with Crippen LogP contribution in [0.5, 0.6) is 0 Å². The van der Waals surface area contributed by atoms with Crippen molar-refractivity contribution < 1.29 is 9.90 Å². The molecule has 2 aliphatic rings. The number of aliphatic hydroxyl groups is 1. The van der Waals surface area contributed by atoms with E-state index in [9.17, 15) is 9.90 Å². The van der Waals surface area contributed by atoms with Crippen molar-refractivity contribution in [2.24, 2.45) is 11.8 Å². The second-order valence-corrected chi connectivity index (χ2v) is 8.12. The summed E-state index contributed by atoms with van der Waals surface area (Å²) >= 11 is 7.74. The number of aliphatic hydroxyl groups excluding tert-OH is 1. The van der Waals surface area contributed by atoms with Gasteiger partial charge < -0.3 is 5.11 Å². The standard InChI is InChI=1S/C21H19ClO2S/c1-2-12-3-4-14(13-5-7-15(22)8-6-13)9-16(12)19-20(23)17-10-25-11-18(17)21(19)24/h3-9,17-18,23H,2,10-11H2,1H3. The lowest BCUT2D eigenvalue weighted by Gasteiger charge is -2.13. The van der Waals surface area contributed by atoms with Gasteiger partial charge >= 0.3 is 0 Å². The zero-order valence-corrected chi connectivity index (χ0v) is 15.5. The lowest BCUT2D eigenvalue weighted by Crippen LogP contribution is -2.15. The first kappa shape index (κ1) is 16.7. The minimum Gasteiger partial charge on any atom is -0.511 e. The van der Waals surface area contributed by atoms with Gasteiger partial charge in [0.15, 0.2) is 5.78 Å². The average Bonchev–Trinajstić information content (AvgIpc) is 3.19. The van der Waals surface area contributed by atoms with Crippen LogP contribution in [0.25, 0.3) is 16.7 Å². The molecule has 1 aliphatic heterocycles. The van der Waals surface area contributed by atoms with E-state index >= 15 is 0 Å². The number of hydrogen-bond donors (Lipinski definition) is 1. The van der Waals surface area contributed by atoms with Crippen LogP contribution in [0.4, 0.5) is 0 Å². The smallest absolute Gasteiger partial charge is 0.171 e. The van der Waals surface area contributed by atoms with Gasteiger partial charge in [-0.3, -0.25) is 4.79 Å². The molecule has 4 rings (SSSR count). The van der Waals surface area contributed by atoms with Crippen molar-refractivity contribution in [2.45, 2.75) is 13.3 Å². The number of allylic oxidation sites excluding steroid dienone is 2. The number of fused-ring (bicyclic) bond motifs is 1. The molecular formula is C21H19ClO2S. The van der Waals surface area contributed by atoms with Crippen LogP contribution in [0, 0.1) is 11.8 Å². The van der Waals surface area contributed by atoms with Crippen LogP contribution in [0.3, 0.4) is 0 Å². The van der Waals surface area contributed by atoms with Gasteiger partial charge in [0.25, 0.3) is 0 Å². The average molecular weight is 371 g/mol. The Morgan fingerprint density at radius 1 is 1.08 bits per heavy atom. The molecule has 1 heterocycles. The first-order valence-corrected chi connectivity index (χ1v) is 10.1. The van der Waals surface area contributed by atoms with Crippen molar-refractivity contribution in [1.29, 1.82) is 0 Å². The van der Waals surface area contributed by atoms with E-state index in [-0.39, 0.29) is 17.6 Å². The predicted octanol–water partition coefficient (Wildman–Crippen LogP) is 5.40. The molecule has 2 nitrogen and oxygen atoms in total. The summed E-state index contributed by atoms with van der Waals surface area (Å²) in [6.07, 6.45) is 0.824. The molecule has 1 N–H and O–H groups in total. The molecule has 4 heteroatoms. The number of hydrogen-bond acceptors (Lipinski definition) is 3. The SMILES string of the molecule is CCc1ccc(-c2ccc(Cl)cc2)cc1C1=C(O)C2CSCC2C1=O. The number of carbonyl (C=O) groups excluding carboxylic acids is 1. The maximum Gasteiger partial charge on any atom is 0.171 e. The van der Waals surface area contributed by atoms with E-state index in [0.717, 1.165) is 40.2 Å². The molecule has 1 aliphatic carbocycles. The maximum atomic E-state index is 12.9. The van der Waals surface area contributed by atoms with Crippen LogP contribution in [0.15, 0.2) is 48.2 Å². The third-order valence-corrected chi connectivity index (χ3v) is 6.65. The molecule has 2 aromatic carbocycles. The quantitative estimate of drug-likeness (QED) is 0.785. The molecule has 0 radical (unpaired) electrons. The fourth-order valence-corrected chi connectivity index (χ4v) is 5.33. The van der Waals surface area contributed by atoms with E-state index in [0.29, 0.717) is 16.4 Å². The number of benzene rings is 2. The zero-order valence-electron chi connectivity index (χ0n) is 14.0. The number of carbonyl (C=O) groups is 1. The van der Waals surface area contributed by atoms with Gasteiger partial charge in [0.1, 0.15) is 5.76 Å². The molecule has 0 aromatic heterocycles. The van der Waals surface area contributed by atoms with Crippen molar-refractivity contribution in [2.75, 3.05) is 11.5 Å². The van der Waals surface area contributed by atoms with E-state index in [1.54, 1.807) is 11.8 Å². The highest BCUT2D eigenvalue weighted by Crippen LogP contribution is 2.46. The van der Waals surface area contributed by atoms with Crippen molar-refractivity contribution in [3.63, 3.8) is 0 Å². The van der Waals surface area contributed by atoms with Crippen molar-refractivity contribution in [3.05, 3.63) is 64.4 Å². The molecule has 0 bridgehead atoms. The summed E-state index contributed by atoms with van der Waals surface area (Å²) in [5.41, 5.74) is 4.61. The van der Waals surface area contributed by atoms with E-state index in [2.05, 4.69) is 19.1 Å². The molecule has 1 fully saturated rings. The Balaban J connectivity index is 1.83. The topological polar surface area (TPSA) is 37.3 Å². The lowest BCUT2D eigenvalue weighted by molar-refractivity contribution is -0.116. The summed E-state index contributed by atoms with van der Waals surface area (Å²) in [5.74, 6) is 2.00. The van der Waals surface area contributed by atoms with Crippen molar-refractivity contribution in [1.82, 2.24) is 0 Å². The van der Waals surface area contributed by atoms with Gasteiger partial charge in [0, 0.05) is 28.4 Å². The molecule has 1 saturated heterocycles. The Morgan fingerprint density at radius 2 is 1.76 bits per heavy atom. The predicted molar refractivity (Wildman–Crippen MR) is 105 cm³/mol. The van der Waals surface area contributed by atoms with E-state index in [4.69, 9.17) is 11.6 Å². The number of thioether (sulfide) groups is 1. The molecule has 25 heavy (non-hydrogen) atoms. The third-order valence-electron chi connectivity index (χ3n) is 5.21. The van der Waals surface area contributed by atoms with Crippen LogP contribution >= 0.6 is 23.4 Å². The Bertz CT molecular complexity index is 870. The summed E-state index contributed by atoms with van der Waals surface area (Å²) in [6, 6.07) is 13.9. The van der Waals surface area contributed by atoms with Crippen LogP contribution in [-0.2, 0) is 11.2 Å². The van der Waals surface area contributed by atoms with Crippen molar-refractivity contribution >= 4 is 34.7 Å². The van der Waals surface area contributed by atoms with Crippen LogP contribution < -0.4 is 0 Å². The fourth-order valence-electron chi connectivity index (χ4n) is 3.79. The number of aryl methyl sites for hydroxylation is 1. The summed E-state index contributed by atoms with van der Waals surface area (Å²) in [6.45, 7) is 2.08. The second-order valence-electron chi connectivity index (χ2n) is 6.61. The first-order valence-electron chi connectivity index (χ1n) is 8.54. The molecule has 128 valence electrons. The first-order chi connectivity index (χ1) is 12.1. The summed E-state index contributed by atoms with van der Waals surface area (Å²) in [5, 5.41) is 11.4. The van der Waals surface area contributed by atoms with Crippen LogP contribution in [-0.4, -0.2) is 22.4 Å². The molecule has 0 amide bonds. The number of ketones is 1. The van der Waals surface area contributed by atoms with Crippen LogP contribution in [0.2, 0.25) is 5.02 Å². The van der Waals surface area contributed by atoms with Gasteiger partial charge in [-0.25, -0.2) is 0 Å². The fraction of sp³-hybridized carbons (Fsp3) is 0.286. The molecule has 2 atom stereocenters. The largest absolute Gasteiger partial charge is 0.511 e. The van der Waals surface area contributed by atoms with Gasteiger partial charge in [-0.1, -0.05) is 42.8 Å². The van der Waals surface area contributed by atoms with E-state index in [1.165, 1.54) is 0 Å². The number of halogens is 1. The maximum absolute atomic E-state index is 12.9. The van der Waals surface area contributed by atoms with E-state index < -0.39 is 0 Å². The molecule has 2 unspecified atom stereocenters. The molecule has 0 saturated carbocycles. The number of Topliss-reactive ketones (excluding diaryl/α,β-unsaturated/α-hetero) is 1. The highest BCUT2D eigenvalue weighted by atomic mass is 35.5. The number of rotatable bonds is 3. The Morgan fingerprint density at radius 3 is 2.44 bits per heavy atom. The molecule has 2 aromatic rings. The highest BCUT2D eigenvalue weighted by Gasteiger charge is 2.46. The third kappa shape index (κ3) is 2.80. The lowest BCUT2D eigenvalue weighted by atomic mass is 9.91. The van der Waals surface area contributed by atoms with Gasteiger partial charge in [0.2, 0.25) is 0 Å². The van der Waals surface area contributed by atoms with Crippen molar-refractivity contribution in [3.8, 4) is 11.1 Å². The molecular weight excluding hydrogens is 352 g/mol.